The van der Waals surface area contributed by atoms with Crippen molar-refractivity contribution in [2.24, 2.45) is 0 Å². The number of nitro benzene ring substituents is 1. The number of non-ortho nitro benzene ring substituents is 1. The standard InChI is InChI=1S/C20H18F2N4O4S2/c1-12-2-4-15(26(27)28)11-18(12)32(29,30)25-8-6-13(7-9-25)19-23-24-20(31-19)16-5-3-14(21)10-17(16)22/h2-5,10-11,13H,6-9H2,1H3. The van der Waals surface area contributed by atoms with Gasteiger partial charge in [-0.1, -0.05) is 17.4 Å². The molecule has 1 saturated heterocycles. The van der Waals surface area contributed by atoms with Crippen LogP contribution in [0.3, 0.4) is 0 Å². The van der Waals surface area contributed by atoms with Crippen LogP contribution >= 0.6 is 11.3 Å². The van der Waals surface area contributed by atoms with Crippen LogP contribution in [0.1, 0.15) is 29.3 Å². The second-order valence-electron chi connectivity index (χ2n) is 7.45. The van der Waals surface area contributed by atoms with Gasteiger partial charge in [0.2, 0.25) is 10.0 Å². The number of aryl methyl sites for hydroxylation is 1. The first-order chi connectivity index (χ1) is 15.2. The lowest BCUT2D eigenvalue weighted by atomic mass is 9.99. The maximum absolute atomic E-state index is 14.0. The van der Waals surface area contributed by atoms with Crippen molar-refractivity contribution in [1.29, 1.82) is 0 Å². The largest absolute Gasteiger partial charge is 0.270 e. The molecule has 168 valence electrons. The van der Waals surface area contributed by atoms with Gasteiger partial charge in [0.15, 0.2) is 5.01 Å². The Kier molecular flexibility index (Phi) is 6.01. The van der Waals surface area contributed by atoms with E-state index in [-0.39, 0.29) is 35.2 Å². The fraction of sp³-hybridized carbons (Fsp3) is 0.300. The summed E-state index contributed by atoms with van der Waals surface area (Å²) in [5, 5.41) is 20.2. The van der Waals surface area contributed by atoms with Crippen LogP contribution in [0.2, 0.25) is 0 Å². The van der Waals surface area contributed by atoms with Gasteiger partial charge in [0.25, 0.3) is 5.69 Å². The molecule has 0 unspecified atom stereocenters. The normalized spacial score (nSPS) is 15.7. The highest BCUT2D eigenvalue weighted by Gasteiger charge is 2.33. The van der Waals surface area contributed by atoms with Crippen molar-refractivity contribution < 1.29 is 22.1 Å². The van der Waals surface area contributed by atoms with Crippen LogP contribution in [0.4, 0.5) is 14.5 Å². The van der Waals surface area contributed by atoms with E-state index in [2.05, 4.69) is 10.2 Å². The quantitative estimate of drug-likeness (QED) is 0.399. The fourth-order valence-corrected chi connectivity index (χ4v) is 6.39. The van der Waals surface area contributed by atoms with Crippen LogP contribution in [-0.2, 0) is 10.0 Å². The van der Waals surface area contributed by atoms with E-state index in [1.54, 1.807) is 6.92 Å². The Hall–Kier alpha value is -2.83. The lowest BCUT2D eigenvalue weighted by Gasteiger charge is -2.30. The highest BCUT2D eigenvalue weighted by Crippen LogP contribution is 2.36. The lowest BCUT2D eigenvalue weighted by Crippen LogP contribution is -2.38. The van der Waals surface area contributed by atoms with Gasteiger partial charge in [0.1, 0.15) is 16.6 Å². The Morgan fingerprint density at radius 1 is 1.12 bits per heavy atom. The number of piperidine rings is 1. The Morgan fingerprint density at radius 2 is 1.84 bits per heavy atom. The first kappa shape index (κ1) is 22.4. The molecule has 1 aromatic heterocycles. The summed E-state index contributed by atoms with van der Waals surface area (Å²) in [7, 11) is -3.89. The van der Waals surface area contributed by atoms with Crippen LogP contribution in [0.5, 0.6) is 0 Å². The van der Waals surface area contributed by atoms with Gasteiger partial charge in [-0.15, -0.1) is 10.2 Å². The molecule has 8 nitrogen and oxygen atoms in total. The van der Waals surface area contributed by atoms with E-state index in [1.165, 1.54) is 33.8 Å². The van der Waals surface area contributed by atoms with E-state index >= 15 is 0 Å². The summed E-state index contributed by atoms with van der Waals surface area (Å²) in [6.45, 7) is 2.03. The summed E-state index contributed by atoms with van der Waals surface area (Å²) in [6.07, 6.45) is 0.960. The van der Waals surface area contributed by atoms with Gasteiger partial charge in [-0.25, -0.2) is 17.2 Å². The third-order valence-corrected chi connectivity index (χ3v) is 8.57. The molecule has 0 radical (unpaired) electrons. The SMILES string of the molecule is Cc1ccc([N+](=O)[O-])cc1S(=O)(=O)N1CCC(c2nnc(-c3ccc(F)cc3F)s2)CC1. The van der Waals surface area contributed by atoms with Crippen LogP contribution < -0.4 is 0 Å². The number of nitro groups is 1. The summed E-state index contributed by atoms with van der Waals surface area (Å²) in [5.41, 5.74) is 0.322. The fourth-order valence-electron chi connectivity index (χ4n) is 3.63. The molecule has 0 amide bonds. The molecule has 0 N–H and O–H groups in total. The van der Waals surface area contributed by atoms with Gasteiger partial charge < -0.3 is 0 Å². The molecule has 0 atom stereocenters. The van der Waals surface area contributed by atoms with E-state index in [0.29, 0.717) is 28.4 Å². The summed E-state index contributed by atoms with van der Waals surface area (Å²) in [6, 6.07) is 7.04. The van der Waals surface area contributed by atoms with Crippen molar-refractivity contribution in [3.63, 3.8) is 0 Å². The van der Waals surface area contributed by atoms with E-state index in [0.717, 1.165) is 18.2 Å². The molecule has 0 saturated carbocycles. The van der Waals surface area contributed by atoms with E-state index < -0.39 is 26.6 Å². The first-order valence-corrected chi connectivity index (χ1v) is 12.0. The Balaban J connectivity index is 1.50. The summed E-state index contributed by atoms with van der Waals surface area (Å²) in [4.78, 5) is 10.4. The number of hydrogen-bond donors (Lipinski definition) is 0. The zero-order valence-corrected chi connectivity index (χ0v) is 18.5. The third kappa shape index (κ3) is 4.25. The minimum atomic E-state index is -3.89. The monoisotopic (exact) mass is 480 g/mol. The maximum atomic E-state index is 14.0. The zero-order valence-electron chi connectivity index (χ0n) is 16.9. The summed E-state index contributed by atoms with van der Waals surface area (Å²) in [5.74, 6) is -1.45. The smallest absolute Gasteiger partial charge is 0.258 e. The van der Waals surface area contributed by atoms with E-state index in [1.807, 2.05) is 0 Å². The van der Waals surface area contributed by atoms with Crippen molar-refractivity contribution >= 4 is 27.0 Å². The molecule has 2 aromatic carbocycles. The second-order valence-corrected chi connectivity index (χ2v) is 10.4. The number of aromatic nitrogens is 2. The second kappa shape index (κ2) is 8.60. The van der Waals surface area contributed by atoms with Gasteiger partial charge in [-0.2, -0.15) is 4.31 Å². The number of halogens is 2. The van der Waals surface area contributed by atoms with Gasteiger partial charge in [0.05, 0.1) is 9.82 Å². The molecule has 2 heterocycles. The predicted molar refractivity (Wildman–Crippen MR) is 114 cm³/mol. The van der Waals surface area contributed by atoms with Crippen molar-refractivity contribution in [3.8, 4) is 10.6 Å². The van der Waals surface area contributed by atoms with Crippen LogP contribution in [0.15, 0.2) is 41.3 Å². The average Bonchev–Trinajstić information content (AvgIpc) is 3.23. The van der Waals surface area contributed by atoms with Crippen molar-refractivity contribution in [3.05, 3.63) is 68.7 Å². The van der Waals surface area contributed by atoms with Crippen LogP contribution in [0, 0.1) is 28.7 Å². The molecule has 1 fully saturated rings. The van der Waals surface area contributed by atoms with E-state index in [4.69, 9.17) is 0 Å². The highest BCUT2D eigenvalue weighted by atomic mass is 32.2. The molecule has 0 spiro atoms. The number of rotatable bonds is 5. The Bertz CT molecular complexity index is 1290. The third-order valence-electron chi connectivity index (χ3n) is 5.41. The maximum Gasteiger partial charge on any atom is 0.270 e. The van der Waals surface area contributed by atoms with Crippen molar-refractivity contribution in [1.82, 2.24) is 14.5 Å². The molecule has 4 rings (SSSR count). The molecular formula is C20H18F2N4O4S2. The molecule has 0 aliphatic carbocycles. The zero-order chi connectivity index (χ0) is 23.0. The van der Waals surface area contributed by atoms with Gasteiger partial charge in [0, 0.05) is 42.8 Å². The molecule has 12 heteroatoms. The lowest BCUT2D eigenvalue weighted by molar-refractivity contribution is -0.385. The van der Waals surface area contributed by atoms with Crippen molar-refractivity contribution in [2.45, 2.75) is 30.6 Å². The number of benzene rings is 2. The van der Waals surface area contributed by atoms with Crippen LogP contribution in [-0.4, -0.2) is 40.9 Å². The van der Waals surface area contributed by atoms with Crippen molar-refractivity contribution in [2.75, 3.05) is 13.1 Å². The van der Waals surface area contributed by atoms with Gasteiger partial charge in [-0.3, -0.25) is 10.1 Å². The Labute approximate surface area is 186 Å². The van der Waals surface area contributed by atoms with E-state index in [9.17, 15) is 27.3 Å². The summed E-state index contributed by atoms with van der Waals surface area (Å²) >= 11 is 1.20. The molecule has 0 bridgehead atoms. The average molecular weight is 481 g/mol. The minimum absolute atomic E-state index is 0.0533. The van der Waals surface area contributed by atoms with Gasteiger partial charge >= 0.3 is 0 Å². The highest BCUT2D eigenvalue weighted by molar-refractivity contribution is 7.89. The first-order valence-electron chi connectivity index (χ1n) is 9.71. The molecular weight excluding hydrogens is 462 g/mol. The number of nitrogens with zero attached hydrogens (tertiary/aromatic N) is 4. The topological polar surface area (TPSA) is 106 Å². The molecule has 1 aliphatic heterocycles. The summed E-state index contributed by atoms with van der Waals surface area (Å²) < 4.78 is 54.7. The molecule has 32 heavy (non-hydrogen) atoms. The van der Waals surface area contributed by atoms with Gasteiger partial charge in [-0.05, 0) is 37.5 Å². The number of sulfonamides is 1. The molecule has 3 aromatic rings. The molecule has 1 aliphatic rings. The van der Waals surface area contributed by atoms with Crippen LogP contribution in [0.25, 0.3) is 10.6 Å². The Morgan fingerprint density at radius 3 is 2.50 bits per heavy atom. The number of hydrogen-bond acceptors (Lipinski definition) is 7. The predicted octanol–water partition coefficient (Wildman–Crippen LogP) is 4.27. The minimum Gasteiger partial charge on any atom is -0.258 e.